The van der Waals surface area contributed by atoms with E-state index in [0.29, 0.717) is 18.9 Å². The normalized spacial score (nSPS) is 16.1. The van der Waals surface area contributed by atoms with Gasteiger partial charge in [-0.3, -0.25) is 4.79 Å². The van der Waals surface area contributed by atoms with E-state index in [2.05, 4.69) is 24.0 Å². The van der Waals surface area contributed by atoms with E-state index >= 15 is 0 Å². The van der Waals surface area contributed by atoms with E-state index in [9.17, 15) is 4.79 Å². The first-order valence-electron chi connectivity index (χ1n) is 4.09. The summed E-state index contributed by atoms with van der Waals surface area (Å²) in [6.45, 7) is 3.24. The van der Waals surface area contributed by atoms with Crippen molar-refractivity contribution < 1.29 is 4.79 Å². The number of carbonyl (C=O) groups excluding carboxylic acids is 1. The minimum Gasteiger partial charge on any atom is -0.357 e. The number of nitrogens with zero attached hydrogens (tertiary/aromatic N) is 1. The predicted molar refractivity (Wildman–Crippen MR) is 48.4 cm³/mol. The molecule has 0 N–H and O–H groups in total. The molecule has 0 radical (unpaired) electrons. The van der Waals surface area contributed by atoms with Crippen LogP contribution in [-0.4, -0.2) is 18.9 Å². The van der Waals surface area contributed by atoms with Gasteiger partial charge in [0.2, 0.25) is 0 Å². The Balaban J connectivity index is 2.23. The van der Waals surface area contributed by atoms with Gasteiger partial charge in [0.15, 0.2) is 5.78 Å². The smallest absolute Gasteiger partial charge is 0.171 e. The lowest BCUT2D eigenvalue weighted by Crippen LogP contribution is -2.47. The average molecular weight is 161 g/mol. The topological polar surface area (TPSA) is 20.3 Å². The molecule has 2 rings (SSSR count). The van der Waals surface area contributed by atoms with Crippen molar-refractivity contribution in [2.45, 2.75) is 6.92 Å². The second-order valence-electron chi connectivity index (χ2n) is 3.18. The Morgan fingerprint density at radius 1 is 1.25 bits per heavy atom. The maximum absolute atomic E-state index is 10.8. The highest BCUT2D eigenvalue weighted by Gasteiger charge is 2.24. The van der Waals surface area contributed by atoms with Crippen molar-refractivity contribution in [3.8, 4) is 0 Å². The summed E-state index contributed by atoms with van der Waals surface area (Å²) in [6, 6.07) is 8.14. The SMILES string of the molecule is Cc1ccccc1N1CC(=O)C1. The third-order valence-corrected chi connectivity index (χ3v) is 2.19. The minimum atomic E-state index is 0.332. The number of anilines is 1. The van der Waals surface area contributed by atoms with Crippen LogP contribution in [0.15, 0.2) is 24.3 Å². The first-order valence-corrected chi connectivity index (χ1v) is 4.09. The second kappa shape index (κ2) is 2.63. The number of aryl methyl sites for hydroxylation is 1. The molecule has 0 unspecified atom stereocenters. The molecule has 1 heterocycles. The quantitative estimate of drug-likeness (QED) is 0.620. The van der Waals surface area contributed by atoms with Gasteiger partial charge in [-0.05, 0) is 18.6 Å². The summed E-state index contributed by atoms with van der Waals surface area (Å²) in [5, 5.41) is 0. The fourth-order valence-corrected chi connectivity index (χ4v) is 1.47. The molecule has 0 aromatic heterocycles. The highest BCUT2D eigenvalue weighted by molar-refractivity contribution is 5.95. The van der Waals surface area contributed by atoms with Crippen LogP contribution in [-0.2, 0) is 4.79 Å². The molecule has 1 saturated heterocycles. The fraction of sp³-hybridized carbons (Fsp3) is 0.300. The van der Waals surface area contributed by atoms with Gasteiger partial charge in [0.1, 0.15) is 0 Å². The summed E-state index contributed by atoms with van der Waals surface area (Å²) in [5.41, 5.74) is 2.43. The van der Waals surface area contributed by atoms with Crippen LogP contribution in [0.3, 0.4) is 0 Å². The van der Waals surface area contributed by atoms with E-state index < -0.39 is 0 Å². The van der Waals surface area contributed by atoms with Crippen molar-refractivity contribution in [2.75, 3.05) is 18.0 Å². The van der Waals surface area contributed by atoms with Gasteiger partial charge in [0.25, 0.3) is 0 Å². The number of para-hydroxylation sites is 1. The van der Waals surface area contributed by atoms with Gasteiger partial charge in [-0.25, -0.2) is 0 Å². The van der Waals surface area contributed by atoms with Gasteiger partial charge < -0.3 is 4.90 Å². The van der Waals surface area contributed by atoms with Gasteiger partial charge in [0, 0.05) is 5.69 Å². The third-order valence-electron chi connectivity index (χ3n) is 2.19. The van der Waals surface area contributed by atoms with Crippen molar-refractivity contribution in [3.05, 3.63) is 29.8 Å². The summed E-state index contributed by atoms with van der Waals surface area (Å²) in [6.07, 6.45) is 0. The van der Waals surface area contributed by atoms with Gasteiger partial charge in [0.05, 0.1) is 13.1 Å². The summed E-state index contributed by atoms with van der Waals surface area (Å²) >= 11 is 0. The van der Waals surface area contributed by atoms with E-state index in [0.717, 1.165) is 0 Å². The zero-order valence-corrected chi connectivity index (χ0v) is 7.08. The zero-order chi connectivity index (χ0) is 8.55. The highest BCUT2D eigenvalue weighted by Crippen LogP contribution is 2.22. The molecule has 1 aromatic carbocycles. The van der Waals surface area contributed by atoms with Crippen LogP contribution >= 0.6 is 0 Å². The van der Waals surface area contributed by atoms with Crippen molar-refractivity contribution in [3.63, 3.8) is 0 Å². The molecule has 0 spiro atoms. The largest absolute Gasteiger partial charge is 0.357 e. The second-order valence-corrected chi connectivity index (χ2v) is 3.18. The first kappa shape index (κ1) is 7.35. The molecular formula is C10H11NO. The van der Waals surface area contributed by atoms with Crippen LogP contribution < -0.4 is 4.90 Å². The number of hydrogen-bond acceptors (Lipinski definition) is 2. The molecular weight excluding hydrogens is 150 g/mol. The van der Waals surface area contributed by atoms with E-state index in [1.54, 1.807) is 0 Å². The Hall–Kier alpha value is -1.31. The number of ketones is 1. The lowest BCUT2D eigenvalue weighted by molar-refractivity contribution is -0.119. The molecule has 2 heteroatoms. The maximum Gasteiger partial charge on any atom is 0.171 e. The lowest BCUT2D eigenvalue weighted by Gasteiger charge is -2.32. The number of Topliss-reactive ketones (excluding diaryl/α,β-unsaturated/α-hetero) is 1. The summed E-state index contributed by atoms with van der Waals surface area (Å²) in [4.78, 5) is 12.8. The van der Waals surface area contributed by atoms with Crippen molar-refractivity contribution >= 4 is 11.5 Å². The van der Waals surface area contributed by atoms with Crippen molar-refractivity contribution in [1.82, 2.24) is 0 Å². The monoisotopic (exact) mass is 161 g/mol. The van der Waals surface area contributed by atoms with Crippen LogP contribution in [0.2, 0.25) is 0 Å². The van der Waals surface area contributed by atoms with E-state index in [1.807, 2.05) is 12.1 Å². The summed E-state index contributed by atoms with van der Waals surface area (Å²) in [5.74, 6) is 0.332. The molecule has 62 valence electrons. The fourth-order valence-electron chi connectivity index (χ4n) is 1.47. The van der Waals surface area contributed by atoms with Crippen LogP contribution in [0.1, 0.15) is 5.56 Å². The zero-order valence-electron chi connectivity index (χ0n) is 7.08. The Kier molecular flexibility index (Phi) is 1.61. The predicted octanol–water partition coefficient (Wildman–Crippen LogP) is 1.38. The van der Waals surface area contributed by atoms with Crippen LogP contribution in [0.25, 0.3) is 0 Å². The maximum atomic E-state index is 10.8. The summed E-state index contributed by atoms with van der Waals surface area (Å²) in [7, 11) is 0. The highest BCUT2D eigenvalue weighted by atomic mass is 16.1. The van der Waals surface area contributed by atoms with Gasteiger partial charge in [-0.1, -0.05) is 18.2 Å². The molecule has 1 aliphatic rings. The molecule has 1 aromatic rings. The lowest BCUT2D eigenvalue weighted by atomic mass is 10.1. The van der Waals surface area contributed by atoms with Crippen molar-refractivity contribution in [1.29, 1.82) is 0 Å². The molecule has 0 atom stereocenters. The molecule has 0 bridgehead atoms. The van der Waals surface area contributed by atoms with Gasteiger partial charge >= 0.3 is 0 Å². The molecule has 0 amide bonds. The molecule has 0 saturated carbocycles. The number of carbonyl (C=O) groups is 1. The molecule has 2 nitrogen and oxygen atoms in total. The molecule has 1 aliphatic heterocycles. The molecule has 1 fully saturated rings. The minimum absolute atomic E-state index is 0.332. The Morgan fingerprint density at radius 3 is 2.50 bits per heavy atom. The van der Waals surface area contributed by atoms with E-state index in [4.69, 9.17) is 0 Å². The average Bonchev–Trinajstić information content (AvgIpc) is 2.01. The van der Waals surface area contributed by atoms with E-state index in [-0.39, 0.29) is 0 Å². The Morgan fingerprint density at radius 2 is 1.92 bits per heavy atom. The standard InChI is InChI=1S/C10H11NO/c1-8-4-2-3-5-10(8)11-6-9(12)7-11/h2-5H,6-7H2,1H3. The van der Waals surface area contributed by atoms with Crippen LogP contribution in [0.5, 0.6) is 0 Å². The Labute approximate surface area is 71.8 Å². The number of benzene rings is 1. The number of rotatable bonds is 1. The van der Waals surface area contributed by atoms with Crippen molar-refractivity contribution in [2.24, 2.45) is 0 Å². The van der Waals surface area contributed by atoms with Crippen LogP contribution in [0, 0.1) is 6.92 Å². The summed E-state index contributed by atoms with van der Waals surface area (Å²) < 4.78 is 0. The number of hydrogen-bond donors (Lipinski definition) is 0. The Bertz CT molecular complexity index is 311. The van der Waals surface area contributed by atoms with Gasteiger partial charge in [-0.15, -0.1) is 0 Å². The van der Waals surface area contributed by atoms with Gasteiger partial charge in [-0.2, -0.15) is 0 Å². The molecule has 12 heavy (non-hydrogen) atoms. The third kappa shape index (κ3) is 1.09. The van der Waals surface area contributed by atoms with E-state index in [1.165, 1.54) is 11.3 Å². The molecule has 0 aliphatic carbocycles. The first-order chi connectivity index (χ1) is 5.77. The van der Waals surface area contributed by atoms with Crippen LogP contribution in [0.4, 0.5) is 5.69 Å².